The predicted octanol–water partition coefficient (Wildman–Crippen LogP) is 2.83. The number of benzene rings is 1. The number of hydrogen-bond donors (Lipinski definition) is 3. The van der Waals surface area contributed by atoms with Crippen molar-refractivity contribution in [1.29, 1.82) is 0 Å². The van der Waals surface area contributed by atoms with Crippen LogP contribution in [0.5, 0.6) is 5.75 Å². The van der Waals surface area contributed by atoms with E-state index in [2.05, 4.69) is 15.0 Å². The van der Waals surface area contributed by atoms with Crippen LogP contribution in [0.2, 0.25) is 0 Å². The Bertz CT molecular complexity index is 1320. The van der Waals surface area contributed by atoms with E-state index < -0.39 is 31.8 Å². The number of furan rings is 1. The van der Waals surface area contributed by atoms with Crippen LogP contribution in [0.1, 0.15) is 37.0 Å². The Morgan fingerprint density at radius 1 is 1.21 bits per heavy atom. The maximum absolute atomic E-state index is 12.5. The van der Waals surface area contributed by atoms with Crippen LogP contribution in [0, 0.1) is 19.8 Å². The Balaban J connectivity index is 2.04. The summed E-state index contributed by atoms with van der Waals surface area (Å²) in [6.07, 6.45) is 0. The number of phenolic OH excluding ortho intramolecular Hbond substituents is 1. The molecule has 1 aliphatic rings. The fourth-order valence-electron chi connectivity index (χ4n) is 3.22. The van der Waals surface area contributed by atoms with Crippen molar-refractivity contribution in [3.63, 3.8) is 0 Å². The Morgan fingerprint density at radius 2 is 1.88 bits per heavy atom. The summed E-state index contributed by atoms with van der Waals surface area (Å²) in [4.78, 5) is 4.28. The smallest absolute Gasteiger partial charge is 0.258 e. The normalized spacial score (nSPS) is 17.9. The van der Waals surface area contributed by atoms with Crippen molar-refractivity contribution in [2.24, 2.45) is 10.9 Å². The molecule has 0 amide bonds. The van der Waals surface area contributed by atoms with Crippen LogP contribution in [0.15, 0.2) is 49.7 Å². The van der Waals surface area contributed by atoms with Crippen molar-refractivity contribution in [2.45, 2.75) is 38.6 Å². The molecule has 180 valence electrons. The van der Waals surface area contributed by atoms with E-state index in [1.165, 1.54) is 32.3 Å². The van der Waals surface area contributed by atoms with Gasteiger partial charge in [0.05, 0.1) is 16.8 Å². The summed E-state index contributed by atoms with van der Waals surface area (Å²) in [5.41, 5.74) is 1.04. The maximum Gasteiger partial charge on any atom is 0.258 e. The molecule has 1 aromatic heterocycles. The lowest BCUT2D eigenvalue weighted by Crippen LogP contribution is -2.26. The molecular weight excluding hydrogens is 468 g/mol. The summed E-state index contributed by atoms with van der Waals surface area (Å²) in [5, 5.41) is 14.4. The second kappa shape index (κ2) is 8.84. The molecule has 1 aromatic carbocycles. The molecule has 0 spiro atoms. The van der Waals surface area contributed by atoms with Crippen LogP contribution in [0.25, 0.3) is 0 Å². The van der Waals surface area contributed by atoms with Crippen LogP contribution < -0.4 is 10.0 Å². The van der Waals surface area contributed by atoms with Gasteiger partial charge in [0, 0.05) is 14.1 Å². The lowest BCUT2D eigenvalue weighted by Gasteiger charge is -2.18. The number of sulfonamides is 2. The first-order valence-corrected chi connectivity index (χ1v) is 13.1. The van der Waals surface area contributed by atoms with Crippen LogP contribution >= 0.6 is 0 Å². The highest BCUT2D eigenvalue weighted by Gasteiger charge is 2.30. The van der Waals surface area contributed by atoms with E-state index in [4.69, 9.17) is 4.42 Å². The molecule has 12 heteroatoms. The third-order valence-electron chi connectivity index (χ3n) is 5.17. The number of anilines is 1. The van der Waals surface area contributed by atoms with Crippen LogP contribution in [-0.4, -0.2) is 46.2 Å². The fourth-order valence-corrected chi connectivity index (χ4v) is 5.19. The number of phenols is 1. The molecule has 2 aromatic rings. The van der Waals surface area contributed by atoms with Crippen LogP contribution in [0.4, 0.5) is 5.69 Å². The van der Waals surface area contributed by atoms with Crippen molar-refractivity contribution in [3.05, 3.63) is 52.5 Å². The van der Waals surface area contributed by atoms with E-state index >= 15 is 0 Å². The molecule has 3 rings (SSSR count). The molecule has 1 aliphatic heterocycles. The molecule has 0 radical (unpaired) electrons. The molecule has 0 aliphatic carbocycles. The Morgan fingerprint density at radius 3 is 2.42 bits per heavy atom. The first-order chi connectivity index (χ1) is 15.2. The van der Waals surface area contributed by atoms with Crippen LogP contribution in [0.3, 0.4) is 0 Å². The van der Waals surface area contributed by atoms with Gasteiger partial charge in [0.1, 0.15) is 22.5 Å². The van der Waals surface area contributed by atoms with E-state index in [0.717, 1.165) is 21.0 Å². The van der Waals surface area contributed by atoms with E-state index in [1.807, 2.05) is 33.8 Å². The van der Waals surface area contributed by atoms with Gasteiger partial charge in [0.25, 0.3) is 10.0 Å². The molecule has 33 heavy (non-hydrogen) atoms. The summed E-state index contributed by atoms with van der Waals surface area (Å²) in [5.74, 6) is 0.824. The molecule has 0 fully saturated rings. The lowest BCUT2D eigenvalue weighted by atomic mass is 10.0. The summed E-state index contributed by atoms with van der Waals surface area (Å²) < 4.78 is 58.7. The van der Waals surface area contributed by atoms with Gasteiger partial charge in [-0.15, -0.1) is 0 Å². The fraction of sp³-hybridized carbons (Fsp3) is 0.381. The average Bonchev–Trinajstić information content (AvgIpc) is 3.18. The van der Waals surface area contributed by atoms with Crippen molar-refractivity contribution in [3.8, 4) is 5.75 Å². The number of aryl methyl sites for hydroxylation is 2. The second-order valence-electron chi connectivity index (χ2n) is 8.30. The minimum absolute atomic E-state index is 0.0153. The molecule has 0 saturated heterocycles. The molecule has 2 heterocycles. The van der Waals surface area contributed by atoms with E-state index in [-0.39, 0.29) is 28.0 Å². The van der Waals surface area contributed by atoms with Gasteiger partial charge in [0.2, 0.25) is 10.0 Å². The number of aromatic hydroxyl groups is 1. The standard InChI is InChI=1S/C21H28N4O6S2/c1-12(2)19(17-10-13(3)14(4)31-17)23-21-16(11-32(27,28)24-21)22-15-8-7-9-18(20(15)26)33(29,30)25(5)6/h7-12,19,22,26H,1-6H3,(H,23,24)/t19-/m1/s1. The van der Waals surface area contributed by atoms with Gasteiger partial charge in [-0.3, -0.25) is 9.71 Å². The molecule has 3 N–H and O–H groups in total. The van der Waals surface area contributed by atoms with Gasteiger partial charge in [-0.1, -0.05) is 19.9 Å². The zero-order valence-electron chi connectivity index (χ0n) is 19.2. The molecule has 10 nitrogen and oxygen atoms in total. The topological polar surface area (TPSA) is 141 Å². The zero-order valence-corrected chi connectivity index (χ0v) is 20.9. The molecule has 1 atom stereocenters. The SMILES string of the molecule is Cc1cc([C@H](N=C2NS(=O)(=O)C=C2Nc2cccc(S(=O)(=O)N(C)C)c2O)C(C)C)oc1C. The quantitative estimate of drug-likeness (QED) is 0.501. The van der Waals surface area contributed by atoms with Gasteiger partial charge in [-0.05, 0) is 43.5 Å². The first-order valence-electron chi connectivity index (χ1n) is 10.1. The summed E-state index contributed by atoms with van der Waals surface area (Å²) >= 11 is 0. The number of hydrogen-bond acceptors (Lipinski definition) is 8. The highest BCUT2D eigenvalue weighted by Crippen LogP contribution is 2.35. The Kier molecular flexibility index (Phi) is 6.65. The largest absolute Gasteiger partial charge is 0.504 e. The third-order valence-corrected chi connectivity index (χ3v) is 8.04. The number of para-hydroxylation sites is 1. The average molecular weight is 497 g/mol. The van der Waals surface area contributed by atoms with E-state index in [1.54, 1.807) is 0 Å². The molecule has 0 unspecified atom stereocenters. The second-order valence-corrected chi connectivity index (χ2v) is 11.9. The van der Waals surface area contributed by atoms with Crippen LogP contribution in [-0.2, 0) is 20.0 Å². The van der Waals surface area contributed by atoms with Crippen molar-refractivity contribution in [2.75, 3.05) is 19.4 Å². The zero-order chi connectivity index (χ0) is 24.7. The molecule has 0 bridgehead atoms. The van der Waals surface area contributed by atoms with Gasteiger partial charge in [-0.2, -0.15) is 0 Å². The summed E-state index contributed by atoms with van der Waals surface area (Å²) in [7, 11) is -5.06. The van der Waals surface area contributed by atoms with Gasteiger partial charge >= 0.3 is 0 Å². The Hall–Kier alpha value is -2.83. The number of nitrogens with zero attached hydrogens (tertiary/aromatic N) is 2. The highest BCUT2D eigenvalue weighted by atomic mass is 32.2. The molecular formula is C21H28N4O6S2. The summed E-state index contributed by atoms with van der Waals surface area (Å²) in [6, 6.07) is 5.53. The van der Waals surface area contributed by atoms with Crippen molar-refractivity contribution in [1.82, 2.24) is 9.03 Å². The highest BCUT2D eigenvalue weighted by molar-refractivity contribution is 7.93. The number of nitrogens with one attached hydrogen (secondary N) is 2. The Labute approximate surface area is 194 Å². The number of aliphatic imine (C=N–C) groups is 1. The third kappa shape index (κ3) is 5.07. The minimum atomic E-state index is -3.92. The first kappa shape index (κ1) is 24.8. The minimum Gasteiger partial charge on any atom is -0.504 e. The summed E-state index contributed by atoms with van der Waals surface area (Å²) in [6.45, 7) is 7.62. The predicted molar refractivity (Wildman–Crippen MR) is 126 cm³/mol. The number of rotatable bonds is 7. The van der Waals surface area contributed by atoms with E-state index in [0.29, 0.717) is 5.76 Å². The maximum atomic E-state index is 12.5. The number of amidine groups is 1. The van der Waals surface area contributed by atoms with E-state index in [9.17, 15) is 21.9 Å². The van der Waals surface area contributed by atoms with Gasteiger partial charge in [0.15, 0.2) is 11.6 Å². The monoisotopic (exact) mass is 496 g/mol. The lowest BCUT2D eigenvalue weighted by molar-refractivity contribution is 0.392. The van der Waals surface area contributed by atoms with Crippen molar-refractivity contribution < 1.29 is 26.4 Å². The van der Waals surface area contributed by atoms with Gasteiger partial charge in [-0.25, -0.2) is 21.1 Å². The van der Waals surface area contributed by atoms with Gasteiger partial charge < -0.3 is 14.8 Å². The molecule has 0 saturated carbocycles. The van der Waals surface area contributed by atoms with Crippen molar-refractivity contribution >= 4 is 31.6 Å².